The summed E-state index contributed by atoms with van der Waals surface area (Å²) < 4.78 is 10.9. The molecule has 1 heterocycles. The van der Waals surface area contributed by atoms with Crippen LogP contribution in [0, 0.1) is 0 Å². The van der Waals surface area contributed by atoms with Crippen molar-refractivity contribution in [3.8, 4) is 0 Å². The monoisotopic (exact) mass is 458 g/mol. The minimum Gasteiger partial charge on any atom is -0.465 e. The van der Waals surface area contributed by atoms with Gasteiger partial charge in [-0.25, -0.2) is 4.79 Å². The van der Waals surface area contributed by atoms with Gasteiger partial charge in [-0.3, -0.25) is 9.69 Å². The van der Waals surface area contributed by atoms with Gasteiger partial charge in [-0.1, -0.05) is 78.9 Å². The molecule has 4 rings (SSSR count). The summed E-state index contributed by atoms with van der Waals surface area (Å²) in [5.74, 6) is -0.658. The van der Waals surface area contributed by atoms with E-state index in [9.17, 15) is 9.59 Å². The van der Waals surface area contributed by atoms with E-state index in [2.05, 4.69) is 9.80 Å². The maximum atomic E-state index is 13.5. The Hall–Kier alpha value is -3.64. The van der Waals surface area contributed by atoms with Crippen LogP contribution < -0.4 is 4.90 Å². The van der Waals surface area contributed by atoms with Crippen molar-refractivity contribution in [2.75, 3.05) is 24.7 Å². The first-order valence-corrected chi connectivity index (χ1v) is 11.7. The third-order valence-corrected chi connectivity index (χ3v) is 5.97. The summed E-state index contributed by atoms with van der Waals surface area (Å²) in [4.78, 5) is 30.5. The van der Waals surface area contributed by atoms with Gasteiger partial charge < -0.3 is 14.4 Å². The SMILES string of the molecule is CCOC(=O)CN1[C@H](c2ccccc2)[C@H](C(=O)OCC)N(c2ccccc2)[C@@H]1c1ccccc1. The third-order valence-electron chi connectivity index (χ3n) is 5.97. The minimum absolute atomic E-state index is 0.0339. The van der Waals surface area contributed by atoms with E-state index in [1.807, 2.05) is 97.9 Å². The first-order valence-electron chi connectivity index (χ1n) is 11.7. The van der Waals surface area contributed by atoms with Crippen molar-refractivity contribution < 1.29 is 19.1 Å². The number of hydrogen-bond acceptors (Lipinski definition) is 6. The lowest BCUT2D eigenvalue weighted by molar-refractivity contribution is -0.148. The van der Waals surface area contributed by atoms with Crippen LogP contribution >= 0.6 is 0 Å². The van der Waals surface area contributed by atoms with Crippen molar-refractivity contribution in [1.82, 2.24) is 4.90 Å². The highest BCUT2D eigenvalue weighted by Gasteiger charge is 2.53. The van der Waals surface area contributed by atoms with Crippen LogP contribution in [-0.2, 0) is 19.1 Å². The van der Waals surface area contributed by atoms with Crippen molar-refractivity contribution in [3.63, 3.8) is 0 Å². The van der Waals surface area contributed by atoms with Crippen LogP contribution in [0.3, 0.4) is 0 Å². The quantitative estimate of drug-likeness (QED) is 0.455. The standard InChI is InChI=1S/C28H30N2O4/c1-3-33-24(31)20-29-25(21-14-8-5-9-15-21)26(28(32)34-4-2)30(23-18-12-7-13-19-23)27(29)22-16-10-6-11-17-22/h5-19,25-27H,3-4,20H2,1-2H3/t25-,26-,27-/m1/s1. The highest BCUT2D eigenvalue weighted by atomic mass is 16.5. The van der Waals surface area contributed by atoms with E-state index >= 15 is 0 Å². The fourth-order valence-corrected chi connectivity index (χ4v) is 4.71. The topological polar surface area (TPSA) is 59.1 Å². The van der Waals surface area contributed by atoms with Crippen molar-refractivity contribution in [1.29, 1.82) is 0 Å². The Morgan fingerprint density at radius 2 is 1.26 bits per heavy atom. The van der Waals surface area contributed by atoms with Crippen molar-refractivity contribution >= 4 is 17.6 Å². The zero-order chi connectivity index (χ0) is 23.9. The van der Waals surface area contributed by atoms with E-state index in [0.29, 0.717) is 6.61 Å². The number of para-hydroxylation sites is 1. The van der Waals surface area contributed by atoms with Crippen LogP contribution in [0.1, 0.15) is 37.2 Å². The number of benzene rings is 3. The molecule has 6 nitrogen and oxygen atoms in total. The molecule has 1 saturated heterocycles. The summed E-state index contributed by atoms with van der Waals surface area (Å²) in [6.45, 7) is 4.20. The van der Waals surface area contributed by atoms with Gasteiger partial charge in [0.1, 0.15) is 12.2 Å². The Labute approximate surface area is 200 Å². The van der Waals surface area contributed by atoms with Crippen molar-refractivity contribution in [2.45, 2.75) is 32.1 Å². The molecule has 0 radical (unpaired) electrons. The number of esters is 2. The first-order chi connectivity index (χ1) is 16.7. The van der Waals surface area contributed by atoms with Gasteiger partial charge in [0.25, 0.3) is 0 Å². The molecule has 0 saturated carbocycles. The lowest BCUT2D eigenvalue weighted by Gasteiger charge is -2.33. The lowest BCUT2D eigenvalue weighted by atomic mass is 9.98. The number of carbonyl (C=O) groups is 2. The highest BCUT2D eigenvalue weighted by molar-refractivity contribution is 5.83. The molecule has 3 aromatic rings. The number of ether oxygens (including phenoxy) is 2. The maximum absolute atomic E-state index is 13.5. The van der Waals surface area contributed by atoms with Gasteiger partial charge in [0.2, 0.25) is 0 Å². The number of hydrogen-bond donors (Lipinski definition) is 0. The number of rotatable bonds is 8. The summed E-state index contributed by atoms with van der Waals surface area (Å²) in [5.41, 5.74) is 2.79. The van der Waals surface area contributed by atoms with Gasteiger partial charge in [-0.2, -0.15) is 0 Å². The Morgan fingerprint density at radius 1 is 0.735 bits per heavy atom. The fraction of sp³-hybridized carbons (Fsp3) is 0.286. The molecule has 1 aliphatic rings. The molecule has 1 aliphatic heterocycles. The Bertz CT molecular complexity index is 1080. The van der Waals surface area contributed by atoms with Gasteiger partial charge in [0, 0.05) is 5.69 Å². The van der Waals surface area contributed by atoms with Crippen LogP contribution in [0.5, 0.6) is 0 Å². The second-order valence-corrected chi connectivity index (χ2v) is 8.06. The summed E-state index contributed by atoms with van der Waals surface area (Å²) in [5, 5.41) is 0. The molecule has 176 valence electrons. The highest BCUT2D eigenvalue weighted by Crippen LogP contribution is 2.47. The predicted molar refractivity (Wildman–Crippen MR) is 131 cm³/mol. The summed E-state index contributed by atoms with van der Waals surface area (Å²) in [7, 11) is 0. The van der Waals surface area contributed by atoms with Crippen LogP contribution in [0.4, 0.5) is 5.69 Å². The zero-order valence-electron chi connectivity index (χ0n) is 19.5. The van der Waals surface area contributed by atoms with Crippen LogP contribution in [-0.4, -0.2) is 42.6 Å². The third kappa shape index (κ3) is 4.82. The minimum atomic E-state index is -0.663. The van der Waals surface area contributed by atoms with E-state index in [1.54, 1.807) is 6.92 Å². The zero-order valence-corrected chi connectivity index (χ0v) is 19.5. The molecule has 34 heavy (non-hydrogen) atoms. The number of nitrogens with zero attached hydrogens (tertiary/aromatic N) is 2. The molecule has 0 unspecified atom stereocenters. The van der Waals surface area contributed by atoms with Crippen LogP contribution in [0.15, 0.2) is 91.0 Å². The molecule has 6 heteroatoms. The molecule has 1 fully saturated rings. The van der Waals surface area contributed by atoms with E-state index in [-0.39, 0.29) is 31.3 Å². The fourth-order valence-electron chi connectivity index (χ4n) is 4.71. The number of carbonyl (C=O) groups excluding carboxylic acids is 2. The molecule has 0 aliphatic carbocycles. The van der Waals surface area contributed by atoms with Crippen molar-refractivity contribution in [3.05, 3.63) is 102 Å². The molecule has 0 aromatic heterocycles. The van der Waals surface area contributed by atoms with Gasteiger partial charge in [0.05, 0.1) is 25.8 Å². The van der Waals surface area contributed by atoms with E-state index in [1.165, 1.54) is 0 Å². The lowest BCUT2D eigenvalue weighted by Crippen LogP contribution is -2.41. The van der Waals surface area contributed by atoms with Crippen LogP contribution in [0.25, 0.3) is 0 Å². The number of anilines is 1. The molecule has 0 N–H and O–H groups in total. The predicted octanol–water partition coefficient (Wildman–Crippen LogP) is 4.74. The largest absolute Gasteiger partial charge is 0.465 e. The second-order valence-electron chi connectivity index (χ2n) is 8.06. The van der Waals surface area contributed by atoms with Gasteiger partial charge in [-0.15, -0.1) is 0 Å². The first kappa shape index (κ1) is 23.5. The molecular weight excluding hydrogens is 428 g/mol. The Kier molecular flexibility index (Phi) is 7.60. The Balaban J connectivity index is 1.93. The molecule has 0 spiro atoms. The molecule has 0 amide bonds. The van der Waals surface area contributed by atoms with Gasteiger partial charge in [-0.05, 0) is 37.1 Å². The van der Waals surface area contributed by atoms with Crippen LogP contribution in [0.2, 0.25) is 0 Å². The molecular formula is C28H30N2O4. The molecule has 3 aromatic carbocycles. The smallest absolute Gasteiger partial charge is 0.330 e. The Morgan fingerprint density at radius 3 is 1.82 bits per heavy atom. The molecule has 3 atom stereocenters. The van der Waals surface area contributed by atoms with Gasteiger partial charge in [0.15, 0.2) is 0 Å². The second kappa shape index (κ2) is 11.0. The summed E-state index contributed by atoms with van der Waals surface area (Å²) in [6.07, 6.45) is -0.382. The van der Waals surface area contributed by atoms with Crippen molar-refractivity contribution in [2.24, 2.45) is 0 Å². The van der Waals surface area contributed by atoms with E-state index < -0.39 is 12.1 Å². The average molecular weight is 459 g/mol. The van der Waals surface area contributed by atoms with E-state index in [0.717, 1.165) is 16.8 Å². The normalized spacial score (nSPS) is 20.2. The molecule has 0 bridgehead atoms. The summed E-state index contributed by atoms with van der Waals surface area (Å²) in [6, 6.07) is 28.5. The van der Waals surface area contributed by atoms with E-state index in [4.69, 9.17) is 9.47 Å². The average Bonchev–Trinajstić information content (AvgIpc) is 3.20. The summed E-state index contributed by atoms with van der Waals surface area (Å²) >= 11 is 0. The van der Waals surface area contributed by atoms with Gasteiger partial charge >= 0.3 is 11.9 Å². The maximum Gasteiger partial charge on any atom is 0.330 e.